The molecule has 0 aromatic heterocycles. The third-order valence-electron chi connectivity index (χ3n) is 6.30. The zero-order valence-electron chi connectivity index (χ0n) is 18.6. The van der Waals surface area contributed by atoms with E-state index in [1.165, 1.54) is 4.31 Å². The molecule has 2 aromatic carbocycles. The average molecular weight is 457 g/mol. The molecule has 8 heteroatoms. The summed E-state index contributed by atoms with van der Waals surface area (Å²) in [6.07, 6.45) is 2.12. The van der Waals surface area contributed by atoms with Gasteiger partial charge in [-0.05, 0) is 49.7 Å². The zero-order valence-corrected chi connectivity index (χ0v) is 19.4. The summed E-state index contributed by atoms with van der Waals surface area (Å²) in [5.41, 5.74) is 1.86. The smallest absolute Gasteiger partial charge is 0.243 e. The van der Waals surface area contributed by atoms with Gasteiger partial charge in [0.15, 0.2) is 0 Å². The average Bonchev–Trinajstić information content (AvgIpc) is 2.81. The molecule has 1 atom stereocenters. The highest BCUT2D eigenvalue weighted by molar-refractivity contribution is 7.89. The lowest BCUT2D eigenvalue weighted by Gasteiger charge is -2.33. The number of rotatable bonds is 6. The molecule has 7 nitrogen and oxygen atoms in total. The fourth-order valence-corrected chi connectivity index (χ4v) is 6.10. The van der Waals surface area contributed by atoms with Gasteiger partial charge in [-0.1, -0.05) is 36.8 Å². The van der Waals surface area contributed by atoms with Crippen LogP contribution in [-0.2, 0) is 21.4 Å². The molecule has 0 bridgehead atoms. The van der Waals surface area contributed by atoms with Gasteiger partial charge in [-0.2, -0.15) is 4.31 Å². The van der Waals surface area contributed by atoms with E-state index in [0.717, 1.165) is 51.1 Å². The molecule has 2 fully saturated rings. The predicted molar refractivity (Wildman–Crippen MR) is 126 cm³/mol. The van der Waals surface area contributed by atoms with Gasteiger partial charge < -0.3 is 10.2 Å². The van der Waals surface area contributed by atoms with E-state index >= 15 is 0 Å². The van der Waals surface area contributed by atoms with Gasteiger partial charge in [-0.3, -0.25) is 9.69 Å². The summed E-state index contributed by atoms with van der Waals surface area (Å²) >= 11 is 0. The van der Waals surface area contributed by atoms with Crippen LogP contribution in [0.1, 0.15) is 24.8 Å². The first kappa shape index (κ1) is 22.9. The molecule has 0 aliphatic carbocycles. The Morgan fingerprint density at radius 1 is 0.969 bits per heavy atom. The topological polar surface area (TPSA) is 73.0 Å². The maximum Gasteiger partial charge on any atom is 0.243 e. The highest BCUT2D eigenvalue weighted by Crippen LogP contribution is 2.26. The Labute approximate surface area is 191 Å². The van der Waals surface area contributed by atoms with Crippen molar-refractivity contribution in [2.75, 3.05) is 45.1 Å². The van der Waals surface area contributed by atoms with Crippen LogP contribution in [0.5, 0.6) is 0 Å². The Kier molecular flexibility index (Phi) is 7.25. The second kappa shape index (κ2) is 10.1. The minimum atomic E-state index is -3.72. The van der Waals surface area contributed by atoms with E-state index < -0.39 is 16.1 Å². The van der Waals surface area contributed by atoms with E-state index in [0.29, 0.717) is 18.7 Å². The van der Waals surface area contributed by atoms with Crippen LogP contribution in [0.4, 0.5) is 5.69 Å². The number of piperidine rings is 1. The number of sulfonamides is 1. The molecule has 172 valence electrons. The summed E-state index contributed by atoms with van der Waals surface area (Å²) in [4.78, 5) is 18.1. The first-order valence-electron chi connectivity index (χ1n) is 11.3. The van der Waals surface area contributed by atoms with Crippen molar-refractivity contribution in [3.8, 4) is 0 Å². The minimum absolute atomic E-state index is 0.230. The SMILES string of the molecule is CN1CCN(Cc2cccc(NC(=O)C3CCCCN3S(=O)(=O)c3ccccc3)c2)CC1. The van der Waals surface area contributed by atoms with Gasteiger partial charge in [0.25, 0.3) is 0 Å². The normalized spacial score (nSPS) is 21.3. The fourth-order valence-electron chi connectivity index (χ4n) is 4.42. The van der Waals surface area contributed by atoms with E-state index in [9.17, 15) is 13.2 Å². The van der Waals surface area contributed by atoms with Crippen molar-refractivity contribution in [3.63, 3.8) is 0 Å². The number of piperazine rings is 1. The Balaban J connectivity index is 1.45. The largest absolute Gasteiger partial charge is 0.325 e. The zero-order chi connectivity index (χ0) is 22.6. The second-order valence-corrected chi connectivity index (χ2v) is 10.6. The van der Waals surface area contributed by atoms with Crippen LogP contribution in [0, 0.1) is 0 Å². The number of anilines is 1. The van der Waals surface area contributed by atoms with Crippen LogP contribution in [0.3, 0.4) is 0 Å². The maximum atomic E-state index is 13.2. The summed E-state index contributed by atoms with van der Waals surface area (Å²) in [6, 6.07) is 15.5. The van der Waals surface area contributed by atoms with Gasteiger partial charge in [0.2, 0.25) is 15.9 Å². The van der Waals surface area contributed by atoms with E-state index in [1.54, 1.807) is 30.3 Å². The number of hydrogen-bond donors (Lipinski definition) is 1. The number of hydrogen-bond acceptors (Lipinski definition) is 5. The molecule has 0 radical (unpaired) electrons. The van der Waals surface area contributed by atoms with Crippen molar-refractivity contribution >= 4 is 21.6 Å². The molecule has 32 heavy (non-hydrogen) atoms. The lowest BCUT2D eigenvalue weighted by molar-refractivity contribution is -0.120. The van der Waals surface area contributed by atoms with Crippen molar-refractivity contribution in [1.82, 2.24) is 14.1 Å². The minimum Gasteiger partial charge on any atom is -0.325 e. The van der Waals surface area contributed by atoms with Crippen LogP contribution in [0.25, 0.3) is 0 Å². The van der Waals surface area contributed by atoms with Crippen molar-refractivity contribution in [2.45, 2.75) is 36.7 Å². The molecule has 2 heterocycles. The Morgan fingerprint density at radius 2 is 1.72 bits per heavy atom. The number of nitrogens with zero attached hydrogens (tertiary/aromatic N) is 3. The second-order valence-electron chi connectivity index (χ2n) is 8.71. The van der Waals surface area contributed by atoms with E-state index in [4.69, 9.17) is 0 Å². The standard InChI is InChI=1S/C24H32N4O3S/c1-26-14-16-27(17-15-26)19-20-8-7-9-21(18-20)25-24(29)23-12-5-6-13-28(23)32(30,31)22-10-3-2-4-11-22/h2-4,7-11,18,23H,5-6,12-17,19H2,1H3,(H,25,29). The van der Waals surface area contributed by atoms with Gasteiger partial charge in [0.1, 0.15) is 6.04 Å². The molecule has 1 N–H and O–H groups in total. The molecular formula is C24H32N4O3S. The van der Waals surface area contributed by atoms with Gasteiger partial charge in [-0.25, -0.2) is 8.42 Å². The van der Waals surface area contributed by atoms with Crippen LogP contribution >= 0.6 is 0 Å². The highest BCUT2D eigenvalue weighted by atomic mass is 32.2. The third kappa shape index (κ3) is 5.38. The van der Waals surface area contributed by atoms with Gasteiger partial charge in [0, 0.05) is 45.0 Å². The summed E-state index contributed by atoms with van der Waals surface area (Å²) in [5, 5.41) is 2.98. The van der Waals surface area contributed by atoms with Crippen LogP contribution in [0.2, 0.25) is 0 Å². The number of carbonyl (C=O) groups is 1. The monoisotopic (exact) mass is 456 g/mol. The molecule has 1 unspecified atom stereocenters. The summed E-state index contributed by atoms with van der Waals surface area (Å²) in [6.45, 7) is 5.38. The Bertz CT molecular complexity index is 1020. The third-order valence-corrected chi connectivity index (χ3v) is 8.23. The molecule has 2 aliphatic heterocycles. The first-order valence-corrected chi connectivity index (χ1v) is 12.7. The first-order chi connectivity index (χ1) is 15.4. The van der Waals surface area contributed by atoms with Crippen LogP contribution in [-0.4, -0.2) is 74.2 Å². The molecule has 0 saturated carbocycles. The lowest BCUT2D eigenvalue weighted by Crippen LogP contribution is -2.49. The fraction of sp³-hybridized carbons (Fsp3) is 0.458. The number of amides is 1. The molecule has 4 rings (SSSR count). The molecule has 2 saturated heterocycles. The molecule has 0 spiro atoms. The summed E-state index contributed by atoms with van der Waals surface area (Å²) in [5.74, 6) is -0.263. The number of nitrogens with one attached hydrogen (secondary N) is 1. The van der Waals surface area contributed by atoms with Crippen LogP contribution in [0.15, 0.2) is 59.5 Å². The molecule has 1 amide bonds. The lowest BCUT2D eigenvalue weighted by atomic mass is 10.0. The quantitative estimate of drug-likeness (QED) is 0.724. The van der Waals surface area contributed by atoms with E-state index in [2.05, 4.69) is 28.2 Å². The van der Waals surface area contributed by atoms with Gasteiger partial charge >= 0.3 is 0 Å². The molecule has 2 aliphatic rings. The van der Waals surface area contributed by atoms with Crippen molar-refractivity contribution < 1.29 is 13.2 Å². The number of benzene rings is 2. The maximum absolute atomic E-state index is 13.2. The summed E-state index contributed by atoms with van der Waals surface area (Å²) < 4.78 is 27.8. The van der Waals surface area contributed by atoms with Gasteiger partial charge in [-0.15, -0.1) is 0 Å². The van der Waals surface area contributed by atoms with Crippen molar-refractivity contribution in [3.05, 3.63) is 60.2 Å². The number of likely N-dealkylation sites (N-methyl/N-ethyl adjacent to an activating group) is 1. The van der Waals surface area contributed by atoms with E-state index in [1.807, 2.05) is 18.2 Å². The van der Waals surface area contributed by atoms with E-state index in [-0.39, 0.29) is 10.8 Å². The highest BCUT2D eigenvalue weighted by Gasteiger charge is 2.37. The predicted octanol–water partition coefficient (Wildman–Crippen LogP) is 2.62. The van der Waals surface area contributed by atoms with Gasteiger partial charge in [0.05, 0.1) is 4.90 Å². The molecule has 2 aromatic rings. The van der Waals surface area contributed by atoms with Crippen molar-refractivity contribution in [1.29, 1.82) is 0 Å². The number of carbonyl (C=O) groups excluding carboxylic acids is 1. The Morgan fingerprint density at radius 3 is 2.47 bits per heavy atom. The summed E-state index contributed by atoms with van der Waals surface area (Å²) in [7, 11) is -1.58. The Hall–Kier alpha value is -2.26. The van der Waals surface area contributed by atoms with Crippen molar-refractivity contribution in [2.24, 2.45) is 0 Å². The molecular weight excluding hydrogens is 424 g/mol. The van der Waals surface area contributed by atoms with Crippen LogP contribution < -0.4 is 5.32 Å².